The molecule has 0 amide bonds. The minimum absolute atomic E-state index is 0.828. The second-order valence-corrected chi connectivity index (χ2v) is 23.0. The molecule has 0 radical (unpaired) electrons. The average Bonchev–Trinajstić information content (AvgIpc) is 4.60. The fourth-order valence-electron chi connectivity index (χ4n) is 14.5. The van der Waals surface area contributed by atoms with Crippen LogP contribution in [0.5, 0.6) is 0 Å². The molecule has 0 aliphatic heterocycles. The normalized spacial score (nSPS) is 12.0. The number of benzene rings is 13. The van der Waals surface area contributed by atoms with E-state index in [9.17, 15) is 0 Å². The summed E-state index contributed by atoms with van der Waals surface area (Å²) < 4.78 is 12.1. The molecular weight excluding hydrogens is 1200 g/mol. The number of thiol groups is 1. The van der Waals surface area contributed by atoms with E-state index in [1.165, 1.54) is 122 Å². The third-order valence-corrected chi connectivity index (χ3v) is 18.2. The molecule has 5 heteroatoms. The van der Waals surface area contributed by atoms with Crippen LogP contribution in [0.3, 0.4) is 0 Å². The van der Waals surface area contributed by atoms with E-state index in [0.717, 1.165) is 68.3 Å². The Labute approximate surface area is 529 Å². The summed E-state index contributed by atoms with van der Waals surface area (Å²) in [5.74, 6) is 0. The first kappa shape index (κ1) is 53.5. The van der Waals surface area contributed by atoms with Gasteiger partial charge in [0.05, 0.1) is 27.8 Å². The molecule has 0 N–H and O–H groups in total. The molecule has 418 valence electrons. The lowest BCUT2D eigenvalue weighted by Gasteiger charge is -2.17. The van der Waals surface area contributed by atoms with E-state index in [4.69, 9.17) is 4.42 Å². The minimum Gasteiger partial charge on any atom is -0.453 e. The van der Waals surface area contributed by atoms with E-state index < -0.39 is 0 Å². The van der Waals surface area contributed by atoms with Crippen LogP contribution >= 0.6 is 31.0 Å². The lowest BCUT2D eigenvalue weighted by atomic mass is 9.87. The molecule has 0 fully saturated rings. The summed E-state index contributed by atoms with van der Waals surface area (Å²) in [5.41, 5.74) is 31.3. The van der Waals surface area contributed by atoms with Gasteiger partial charge in [0.25, 0.3) is 0 Å². The van der Waals surface area contributed by atoms with Crippen LogP contribution in [0.25, 0.3) is 155 Å². The van der Waals surface area contributed by atoms with E-state index in [2.05, 4.69) is 305 Å². The number of hydrogen-bond acceptors (Lipinski definition) is 2. The zero-order valence-electron chi connectivity index (χ0n) is 48.4. The smallest absolute Gasteiger partial charge is 0.159 e. The third kappa shape index (κ3) is 8.62. The van der Waals surface area contributed by atoms with Gasteiger partial charge in [0.1, 0.15) is 5.58 Å². The zero-order valence-corrected chi connectivity index (χ0v) is 51.4. The first-order valence-corrected chi connectivity index (χ1v) is 33.3. The number of fused-ring (bicyclic) bond motifs is 15. The highest BCUT2D eigenvalue weighted by molar-refractivity contribution is 14.2. The molecule has 2 aliphatic rings. The van der Waals surface area contributed by atoms with Crippen molar-refractivity contribution in [3.63, 3.8) is 0 Å². The van der Waals surface area contributed by atoms with Gasteiger partial charge in [-0.05, 0) is 196 Å². The van der Waals surface area contributed by atoms with E-state index >= 15 is 0 Å². The molecule has 2 aliphatic carbocycles. The number of aromatic nitrogens is 2. The molecule has 3 aromatic heterocycles. The standard InChI is InChI=1S/C80H50N2O.C3H6.HIS/c1-2-23-59-49(18-1)42-52-38-39-53(44-69(52)59)57-21-3-5-24-61(57)62-25-6-4-22-58(62)54-40-41-55-46-72-71(47-56(48-73(72)70(55)45-54)81-74-33-11-7-26-63(74)64-27-8-12-34-75(64)81)51-20-15-19-50(43-51)60-30-16-31-67-68-32-17-37-78(80(68)83-79(60)67)82-76-35-13-9-28-65(76)66-29-10-14-36-77(66)82;1-3-2;1-2/h1-41,43-45,47-48H,42,46H2;3H,1H2,2H3;2H. The van der Waals surface area contributed by atoms with Crippen LogP contribution in [-0.4, -0.2) is 9.13 Å². The highest BCUT2D eigenvalue weighted by Crippen LogP contribution is 2.49. The lowest BCUT2D eigenvalue weighted by molar-refractivity contribution is 0.667. The van der Waals surface area contributed by atoms with Crippen molar-refractivity contribution in [3.05, 3.63) is 314 Å². The van der Waals surface area contributed by atoms with Crippen molar-refractivity contribution in [1.82, 2.24) is 9.13 Å². The number of halogens is 1. The van der Waals surface area contributed by atoms with Gasteiger partial charge in [-0.2, -0.15) is 0 Å². The Bertz CT molecular complexity index is 5380. The number of hydrogen-bond donors (Lipinski definition) is 1. The average molecular weight is 1260 g/mol. The summed E-state index contributed by atoms with van der Waals surface area (Å²) in [6.07, 6.45) is 3.56. The van der Waals surface area contributed by atoms with Crippen LogP contribution in [0, 0.1) is 0 Å². The van der Waals surface area contributed by atoms with Crippen molar-refractivity contribution in [2.24, 2.45) is 0 Å². The number of nitrogens with zero attached hydrogens (tertiary/aromatic N) is 2. The first-order valence-electron chi connectivity index (χ1n) is 30.1. The van der Waals surface area contributed by atoms with Crippen molar-refractivity contribution in [3.8, 4) is 89.3 Å². The van der Waals surface area contributed by atoms with Crippen LogP contribution in [0.2, 0.25) is 0 Å². The highest BCUT2D eigenvalue weighted by atomic mass is 127. The molecule has 0 saturated carbocycles. The Morgan fingerprint density at radius 1 is 0.330 bits per heavy atom. The molecule has 3 nitrogen and oxygen atoms in total. The van der Waals surface area contributed by atoms with Crippen molar-refractivity contribution in [1.29, 1.82) is 0 Å². The van der Waals surface area contributed by atoms with Crippen molar-refractivity contribution in [2.45, 2.75) is 19.8 Å². The van der Waals surface area contributed by atoms with E-state index in [-0.39, 0.29) is 0 Å². The third-order valence-electron chi connectivity index (χ3n) is 18.2. The fourth-order valence-corrected chi connectivity index (χ4v) is 14.5. The fraction of sp³-hybridized carbons (Fsp3) is 0.0361. The molecule has 0 atom stereocenters. The summed E-state index contributed by atoms with van der Waals surface area (Å²) in [6.45, 7) is 5.25. The number of furan rings is 1. The zero-order chi connectivity index (χ0) is 59.0. The summed E-state index contributed by atoms with van der Waals surface area (Å²) >= 11 is 1.84. The molecule has 0 unspecified atom stereocenters. The second kappa shape index (κ2) is 22.1. The molecule has 13 aromatic carbocycles. The summed E-state index contributed by atoms with van der Waals surface area (Å²) in [6, 6.07) is 103. The molecule has 0 spiro atoms. The van der Waals surface area contributed by atoms with Gasteiger partial charge in [0.15, 0.2) is 5.58 Å². The summed E-state index contributed by atoms with van der Waals surface area (Å²) in [7, 11) is 3.50. The van der Waals surface area contributed by atoms with Gasteiger partial charge >= 0.3 is 0 Å². The Hall–Kier alpha value is -9.92. The topological polar surface area (TPSA) is 23.0 Å². The Kier molecular flexibility index (Phi) is 13.4. The lowest BCUT2D eigenvalue weighted by Crippen LogP contribution is -1.98. The maximum absolute atomic E-state index is 7.22. The Morgan fingerprint density at radius 3 is 1.32 bits per heavy atom. The van der Waals surface area contributed by atoms with Crippen LogP contribution < -0.4 is 0 Å². The van der Waals surface area contributed by atoms with E-state index in [0.29, 0.717) is 0 Å². The molecule has 16 aromatic rings. The number of allylic oxidation sites excluding steroid dienone is 1. The molecule has 18 rings (SSSR count). The van der Waals surface area contributed by atoms with Gasteiger partial charge in [-0.15, -0.1) is 16.4 Å². The predicted molar refractivity (Wildman–Crippen MR) is 385 cm³/mol. The SMILES string of the molecule is C=CC.SI.c1cc(-c2cc(-n3c4ccccc4c4ccccc43)cc3c2Cc2ccc(-c4ccccc4-c4ccccc4-c4ccc5c(c4)-c4ccccc4C5)cc2-3)cc(-c2cccc3c2oc2c(-n4c5ccccc5c5ccccc54)cccc23)c1. The van der Waals surface area contributed by atoms with E-state index in [1.807, 2.05) is 28.1 Å². The Balaban J connectivity index is 0.00000121. The second-order valence-electron chi connectivity index (χ2n) is 23.0. The molecule has 0 bridgehead atoms. The van der Waals surface area contributed by atoms with Crippen molar-refractivity contribution in [2.75, 3.05) is 0 Å². The van der Waals surface area contributed by atoms with Crippen LogP contribution in [0.1, 0.15) is 29.2 Å². The quantitative estimate of drug-likeness (QED) is 0.0959. The first-order chi connectivity index (χ1) is 43.6. The maximum Gasteiger partial charge on any atom is 0.159 e. The predicted octanol–water partition coefficient (Wildman–Crippen LogP) is 23.7. The largest absolute Gasteiger partial charge is 0.453 e. The number of para-hydroxylation sites is 6. The van der Waals surface area contributed by atoms with Gasteiger partial charge in [-0.3, -0.25) is 0 Å². The van der Waals surface area contributed by atoms with Crippen molar-refractivity contribution < 1.29 is 4.42 Å². The van der Waals surface area contributed by atoms with Crippen molar-refractivity contribution >= 4 is 96.6 Å². The molecule has 3 heterocycles. The highest BCUT2D eigenvalue weighted by Gasteiger charge is 2.28. The molecular formula is C83H57IN2OS. The van der Waals surface area contributed by atoms with Gasteiger partial charge in [-0.25, -0.2) is 0 Å². The van der Waals surface area contributed by atoms with Gasteiger partial charge in [0, 0.05) is 43.6 Å². The molecule has 0 saturated heterocycles. The summed E-state index contributed by atoms with van der Waals surface area (Å²) in [5, 5.41) is 7.15. The summed E-state index contributed by atoms with van der Waals surface area (Å²) in [4.78, 5) is 0. The monoisotopic (exact) mass is 1260 g/mol. The van der Waals surface area contributed by atoms with Gasteiger partial charge in [0.2, 0.25) is 0 Å². The van der Waals surface area contributed by atoms with Crippen LogP contribution in [0.15, 0.2) is 296 Å². The molecule has 88 heavy (non-hydrogen) atoms. The Morgan fingerprint density at radius 2 is 0.727 bits per heavy atom. The number of rotatable bonds is 7. The van der Waals surface area contributed by atoms with Crippen LogP contribution in [-0.2, 0) is 12.8 Å². The van der Waals surface area contributed by atoms with Crippen LogP contribution in [0.4, 0.5) is 0 Å². The van der Waals surface area contributed by atoms with Gasteiger partial charge < -0.3 is 13.6 Å². The van der Waals surface area contributed by atoms with Gasteiger partial charge in [-0.1, -0.05) is 224 Å². The minimum atomic E-state index is 0.828. The maximum atomic E-state index is 7.22. The van der Waals surface area contributed by atoms with E-state index in [1.54, 1.807) is 6.08 Å².